The molecule has 2 nitrogen and oxygen atoms in total. The molecule has 3 heteroatoms. The van der Waals surface area contributed by atoms with Crippen LogP contribution in [0.25, 0.3) is 0 Å². The highest BCUT2D eigenvalue weighted by Gasteiger charge is 2.19. The van der Waals surface area contributed by atoms with E-state index < -0.39 is 11.9 Å². The van der Waals surface area contributed by atoms with Crippen molar-refractivity contribution in [3.8, 4) is 0 Å². The molecule has 0 radical (unpaired) electrons. The molecule has 0 aliphatic heterocycles. The van der Waals surface area contributed by atoms with Gasteiger partial charge in [-0.25, -0.2) is 4.39 Å². The highest BCUT2D eigenvalue weighted by Crippen LogP contribution is 2.23. The Bertz CT molecular complexity index is 347. The summed E-state index contributed by atoms with van der Waals surface area (Å²) >= 11 is 0. The molecule has 0 amide bonds. The molecule has 0 saturated heterocycles. The van der Waals surface area contributed by atoms with E-state index in [9.17, 15) is 9.18 Å². The summed E-state index contributed by atoms with van der Waals surface area (Å²) < 4.78 is 12.9. The van der Waals surface area contributed by atoms with Gasteiger partial charge in [-0.1, -0.05) is 13.0 Å². The van der Waals surface area contributed by atoms with E-state index in [-0.39, 0.29) is 5.82 Å². The molecule has 1 N–H and O–H groups in total. The van der Waals surface area contributed by atoms with Crippen LogP contribution in [-0.4, -0.2) is 11.1 Å². The summed E-state index contributed by atoms with van der Waals surface area (Å²) in [5.41, 5.74) is 1.39. The second-order valence-electron chi connectivity index (χ2n) is 3.30. The molecule has 1 aromatic carbocycles. The lowest BCUT2D eigenvalue weighted by molar-refractivity contribution is -0.138. The largest absolute Gasteiger partial charge is 0.481 e. The fourth-order valence-corrected chi connectivity index (χ4v) is 1.51. The lowest BCUT2D eigenvalue weighted by atomic mass is 9.93. The van der Waals surface area contributed by atoms with Crippen molar-refractivity contribution in [3.05, 3.63) is 35.1 Å². The van der Waals surface area contributed by atoms with E-state index in [1.807, 2.05) is 0 Å². The van der Waals surface area contributed by atoms with Crippen molar-refractivity contribution in [1.82, 2.24) is 0 Å². The minimum absolute atomic E-state index is 0.384. The first-order valence-corrected chi connectivity index (χ1v) is 4.55. The number of aliphatic carboxylic acids is 1. The van der Waals surface area contributed by atoms with Crippen LogP contribution >= 0.6 is 0 Å². The molecule has 0 heterocycles. The number of rotatable bonds is 3. The minimum Gasteiger partial charge on any atom is -0.481 e. The van der Waals surface area contributed by atoms with Crippen molar-refractivity contribution < 1.29 is 14.3 Å². The molecule has 0 saturated carbocycles. The summed E-state index contributed by atoms with van der Waals surface area (Å²) in [6.07, 6.45) is 0.472. The average Bonchev–Trinajstić information content (AvgIpc) is 2.11. The molecule has 1 unspecified atom stereocenters. The van der Waals surface area contributed by atoms with Crippen LogP contribution in [0.3, 0.4) is 0 Å². The summed E-state index contributed by atoms with van der Waals surface area (Å²) in [6.45, 7) is 3.57. The maximum absolute atomic E-state index is 12.9. The number of aryl methyl sites for hydroxylation is 1. The van der Waals surface area contributed by atoms with Crippen LogP contribution in [0.5, 0.6) is 0 Å². The van der Waals surface area contributed by atoms with Gasteiger partial charge in [-0.15, -0.1) is 0 Å². The number of halogens is 1. The van der Waals surface area contributed by atoms with Gasteiger partial charge in [-0.2, -0.15) is 0 Å². The number of carboxylic acid groups (broad SMARTS) is 1. The van der Waals surface area contributed by atoms with Crippen LogP contribution in [0.1, 0.15) is 30.4 Å². The highest BCUT2D eigenvalue weighted by atomic mass is 19.1. The molecule has 0 fully saturated rings. The average molecular weight is 196 g/mol. The van der Waals surface area contributed by atoms with E-state index in [1.54, 1.807) is 19.9 Å². The smallest absolute Gasteiger partial charge is 0.310 e. The Kier molecular flexibility index (Phi) is 3.23. The Balaban J connectivity index is 3.15. The molecule has 0 aliphatic carbocycles. The van der Waals surface area contributed by atoms with E-state index >= 15 is 0 Å². The first kappa shape index (κ1) is 10.7. The molecule has 1 rings (SSSR count). The zero-order valence-corrected chi connectivity index (χ0v) is 8.25. The van der Waals surface area contributed by atoms with Crippen LogP contribution in [0, 0.1) is 12.7 Å². The van der Waals surface area contributed by atoms with Crippen molar-refractivity contribution in [3.63, 3.8) is 0 Å². The third-order valence-electron chi connectivity index (χ3n) is 2.32. The van der Waals surface area contributed by atoms with Gasteiger partial charge < -0.3 is 5.11 Å². The lowest BCUT2D eigenvalue weighted by Crippen LogP contribution is -2.12. The zero-order chi connectivity index (χ0) is 10.7. The molecule has 14 heavy (non-hydrogen) atoms. The quantitative estimate of drug-likeness (QED) is 0.807. The number of benzene rings is 1. The van der Waals surface area contributed by atoms with Gasteiger partial charge >= 0.3 is 5.97 Å². The van der Waals surface area contributed by atoms with Crippen molar-refractivity contribution in [1.29, 1.82) is 0 Å². The Hall–Kier alpha value is -1.38. The maximum Gasteiger partial charge on any atom is 0.310 e. The summed E-state index contributed by atoms with van der Waals surface area (Å²) in [4.78, 5) is 10.9. The van der Waals surface area contributed by atoms with E-state index in [1.165, 1.54) is 12.1 Å². The van der Waals surface area contributed by atoms with Gasteiger partial charge in [0.2, 0.25) is 0 Å². The van der Waals surface area contributed by atoms with Crippen molar-refractivity contribution in [2.75, 3.05) is 0 Å². The van der Waals surface area contributed by atoms with Gasteiger partial charge in [0.15, 0.2) is 0 Å². The molecule has 0 spiro atoms. The first-order chi connectivity index (χ1) is 6.56. The van der Waals surface area contributed by atoms with Gasteiger partial charge in [0, 0.05) is 0 Å². The number of hydrogen-bond acceptors (Lipinski definition) is 1. The second-order valence-corrected chi connectivity index (χ2v) is 3.30. The Morgan fingerprint density at radius 1 is 1.57 bits per heavy atom. The summed E-state index contributed by atoms with van der Waals surface area (Å²) in [5.74, 6) is -1.89. The summed E-state index contributed by atoms with van der Waals surface area (Å²) in [6, 6.07) is 4.25. The third kappa shape index (κ3) is 2.10. The first-order valence-electron chi connectivity index (χ1n) is 4.55. The van der Waals surface area contributed by atoms with E-state index in [0.717, 1.165) is 5.56 Å². The van der Waals surface area contributed by atoms with Gasteiger partial charge in [0.05, 0.1) is 5.92 Å². The Morgan fingerprint density at radius 3 is 2.71 bits per heavy atom. The second kappa shape index (κ2) is 4.22. The number of carbonyl (C=O) groups is 1. The molecule has 0 aliphatic rings. The molecule has 0 bridgehead atoms. The maximum atomic E-state index is 12.9. The molecular formula is C11H13FO2. The number of carboxylic acids is 1. The Labute approximate surface area is 82.4 Å². The SMILES string of the molecule is CCC(C(=O)O)c1cc(F)ccc1C. The lowest BCUT2D eigenvalue weighted by Gasteiger charge is -2.12. The van der Waals surface area contributed by atoms with Crippen LogP contribution < -0.4 is 0 Å². The number of hydrogen-bond donors (Lipinski definition) is 1. The third-order valence-corrected chi connectivity index (χ3v) is 2.32. The topological polar surface area (TPSA) is 37.3 Å². The van der Waals surface area contributed by atoms with Crippen molar-refractivity contribution in [2.24, 2.45) is 0 Å². The van der Waals surface area contributed by atoms with Crippen LogP contribution in [-0.2, 0) is 4.79 Å². The molecule has 76 valence electrons. The highest BCUT2D eigenvalue weighted by molar-refractivity contribution is 5.76. The fraction of sp³-hybridized carbons (Fsp3) is 0.364. The Morgan fingerprint density at radius 2 is 2.21 bits per heavy atom. The minimum atomic E-state index is -0.902. The standard InChI is InChI=1S/C11H13FO2/c1-3-9(11(13)14)10-6-8(12)5-4-7(10)2/h4-6,9H,3H2,1-2H3,(H,13,14). The summed E-state index contributed by atoms with van der Waals surface area (Å²) in [7, 11) is 0. The predicted octanol–water partition coefficient (Wildman–Crippen LogP) is 2.71. The van der Waals surface area contributed by atoms with Crippen molar-refractivity contribution >= 4 is 5.97 Å². The molecule has 1 atom stereocenters. The van der Waals surface area contributed by atoms with Crippen LogP contribution in [0.2, 0.25) is 0 Å². The van der Waals surface area contributed by atoms with Crippen LogP contribution in [0.4, 0.5) is 4.39 Å². The summed E-state index contributed by atoms with van der Waals surface area (Å²) in [5, 5.41) is 8.92. The molecule has 0 aromatic heterocycles. The van der Waals surface area contributed by atoms with Crippen LogP contribution in [0.15, 0.2) is 18.2 Å². The van der Waals surface area contributed by atoms with Crippen molar-refractivity contribution in [2.45, 2.75) is 26.2 Å². The zero-order valence-electron chi connectivity index (χ0n) is 8.25. The molecular weight excluding hydrogens is 183 g/mol. The fourth-order valence-electron chi connectivity index (χ4n) is 1.51. The molecule has 1 aromatic rings. The van der Waals surface area contributed by atoms with Gasteiger partial charge in [0.1, 0.15) is 5.82 Å². The van der Waals surface area contributed by atoms with Gasteiger partial charge in [-0.3, -0.25) is 4.79 Å². The van der Waals surface area contributed by atoms with E-state index in [4.69, 9.17) is 5.11 Å². The van der Waals surface area contributed by atoms with E-state index in [0.29, 0.717) is 12.0 Å². The van der Waals surface area contributed by atoms with Gasteiger partial charge in [0.25, 0.3) is 0 Å². The normalized spacial score (nSPS) is 12.5. The predicted molar refractivity (Wildman–Crippen MR) is 51.8 cm³/mol. The van der Waals surface area contributed by atoms with E-state index in [2.05, 4.69) is 0 Å². The monoisotopic (exact) mass is 196 g/mol. The van der Waals surface area contributed by atoms with Gasteiger partial charge in [-0.05, 0) is 36.6 Å².